The van der Waals surface area contributed by atoms with Crippen molar-refractivity contribution in [2.75, 3.05) is 18.1 Å². The van der Waals surface area contributed by atoms with E-state index in [2.05, 4.69) is 30.0 Å². The first-order chi connectivity index (χ1) is 8.77. The van der Waals surface area contributed by atoms with Gasteiger partial charge in [-0.1, -0.05) is 31.5 Å². The molecule has 0 N–H and O–H groups in total. The van der Waals surface area contributed by atoms with Crippen molar-refractivity contribution >= 4 is 11.7 Å². The van der Waals surface area contributed by atoms with Crippen LogP contribution in [0, 0.1) is 0 Å². The summed E-state index contributed by atoms with van der Waals surface area (Å²) in [6.07, 6.45) is 2.87. The van der Waals surface area contributed by atoms with E-state index in [4.69, 9.17) is 4.74 Å². The molecule has 2 rings (SSSR count). The van der Waals surface area contributed by atoms with E-state index >= 15 is 0 Å². The molecule has 18 heavy (non-hydrogen) atoms. The maximum Gasteiger partial charge on any atom is 0.328 e. The Balaban J connectivity index is 2.20. The van der Waals surface area contributed by atoms with Crippen molar-refractivity contribution in [2.45, 2.75) is 39.2 Å². The van der Waals surface area contributed by atoms with Gasteiger partial charge in [0.05, 0.1) is 6.61 Å². The topological polar surface area (TPSA) is 29.5 Å². The second-order valence-electron chi connectivity index (χ2n) is 4.63. The maximum absolute atomic E-state index is 12.1. The van der Waals surface area contributed by atoms with Gasteiger partial charge in [-0.15, -0.1) is 0 Å². The minimum atomic E-state index is -0.126. The number of esters is 1. The van der Waals surface area contributed by atoms with Gasteiger partial charge in [-0.25, -0.2) is 4.79 Å². The molecule has 1 aromatic rings. The number of hydrogen-bond donors (Lipinski definition) is 0. The fourth-order valence-corrected chi connectivity index (χ4v) is 2.60. The lowest BCUT2D eigenvalue weighted by Crippen LogP contribution is -2.41. The number of rotatable bonds is 5. The highest BCUT2D eigenvalue weighted by Gasteiger charge is 2.30. The van der Waals surface area contributed by atoms with Crippen molar-refractivity contribution in [3.63, 3.8) is 0 Å². The highest BCUT2D eigenvalue weighted by atomic mass is 16.5. The smallest absolute Gasteiger partial charge is 0.328 e. The van der Waals surface area contributed by atoms with E-state index in [1.54, 1.807) is 0 Å². The summed E-state index contributed by atoms with van der Waals surface area (Å²) in [6, 6.07) is 8.21. The summed E-state index contributed by atoms with van der Waals surface area (Å²) >= 11 is 0. The summed E-state index contributed by atoms with van der Waals surface area (Å²) in [5, 5.41) is 0. The molecule has 1 atom stereocenters. The molecule has 1 aliphatic heterocycles. The summed E-state index contributed by atoms with van der Waals surface area (Å²) in [6.45, 7) is 5.34. The third-order valence-electron chi connectivity index (χ3n) is 3.42. The number of nitrogens with zero attached hydrogens (tertiary/aromatic N) is 1. The summed E-state index contributed by atoms with van der Waals surface area (Å²) in [4.78, 5) is 14.3. The van der Waals surface area contributed by atoms with Crippen molar-refractivity contribution in [3.8, 4) is 0 Å². The third-order valence-corrected chi connectivity index (χ3v) is 3.42. The molecule has 0 bridgehead atoms. The zero-order chi connectivity index (χ0) is 13.0. The molecular weight excluding hydrogens is 226 g/mol. The number of fused-ring (bicyclic) bond motifs is 1. The number of carbonyl (C=O) groups excluding carboxylic acids is 1. The predicted molar refractivity (Wildman–Crippen MR) is 72.8 cm³/mol. The second-order valence-corrected chi connectivity index (χ2v) is 4.63. The molecule has 98 valence electrons. The first-order valence-corrected chi connectivity index (χ1v) is 6.79. The first kappa shape index (κ1) is 12.9. The van der Waals surface area contributed by atoms with Crippen molar-refractivity contribution < 1.29 is 9.53 Å². The molecule has 0 saturated carbocycles. The minimum absolute atomic E-state index is 0.0870. The molecule has 1 unspecified atom stereocenters. The van der Waals surface area contributed by atoms with E-state index in [0.717, 1.165) is 25.8 Å². The van der Waals surface area contributed by atoms with Crippen LogP contribution in [0.3, 0.4) is 0 Å². The maximum atomic E-state index is 12.1. The normalized spacial score (nSPS) is 15.3. The van der Waals surface area contributed by atoms with Gasteiger partial charge in [0.1, 0.15) is 6.04 Å². The van der Waals surface area contributed by atoms with Crippen LogP contribution in [0.15, 0.2) is 24.3 Å². The Kier molecular flexibility index (Phi) is 4.24. The van der Waals surface area contributed by atoms with E-state index in [-0.39, 0.29) is 12.0 Å². The lowest BCUT2D eigenvalue weighted by molar-refractivity contribution is -0.144. The molecule has 0 radical (unpaired) electrons. The van der Waals surface area contributed by atoms with Crippen LogP contribution in [-0.4, -0.2) is 25.2 Å². The predicted octanol–water partition coefficient (Wildman–Crippen LogP) is 2.78. The van der Waals surface area contributed by atoms with Gasteiger partial charge in [-0.05, 0) is 31.4 Å². The number of para-hydroxylation sites is 1. The molecule has 0 aliphatic carbocycles. The lowest BCUT2D eigenvalue weighted by Gasteiger charge is -2.28. The molecule has 0 saturated heterocycles. The van der Waals surface area contributed by atoms with Gasteiger partial charge in [-0.2, -0.15) is 0 Å². The largest absolute Gasteiger partial charge is 0.464 e. The SMILES string of the molecule is CCCC(C(=O)OCC)N1CCc2ccccc21. The number of ether oxygens (including phenoxy) is 1. The molecule has 1 aromatic carbocycles. The van der Waals surface area contributed by atoms with E-state index < -0.39 is 0 Å². The number of hydrogen-bond acceptors (Lipinski definition) is 3. The number of benzene rings is 1. The van der Waals surface area contributed by atoms with Crippen LogP contribution in [0.2, 0.25) is 0 Å². The van der Waals surface area contributed by atoms with E-state index in [9.17, 15) is 4.79 Å². The second kappa shape index (κ2) is 5.89. The summed E-state index contributed by atoms with van der Waals surface area (Å²) in [7, 11) is 0. The Labute approximate surface area is 109 Å². The van der Waals surface area contributed by atoms with Gasteiger partial charge in [-0.3, -0.25) is 0 Å². The summed E-state index contributed by atoms with van der Waals surface area (Å²) < 4.78 is 5.20. The van der Waals surface area contributed by atoms with E-state index in [0.29, 0.717) is 6.61 Å². The zero-order valence-electron chi connectivity index (χ0n) is 11.2. The lowest BCUT2D eigenvalue weighted by atomic mass is 10.1. The van der Waals surface area contributed by atoms with Gasteiger partial charge in [0.2, 0.25) is 0 Å². The molecule has 0 fully saturated rings. The van der Waals surface area contributed by atoms with Crippen LogP contribution in [0.4, 0.5) is 5.69 Å². The quantitative estimate of drug-likeness (QED) is 0.749. The standard InChI is InChI=1S/C15H21NO2/c1-3-7-14(15(17)18-4-2)16-11-10-12-8-5-6-9-13(12)16/h5-6,8-9,14H,3-4,7,10-11H2,1-2H3. The van der Waals surface area contributed by atoms with E-state index in [1.165, 1.54) is 11.3 Å². The average molecular weight is 247 g/mol. The highest BCUT2D eigenvalue weighted by Crippen LogP contribution is 2.30. The molecule has 3 heteroatoms. The van der Waals surface area contributed by atoms with Crippen LogP contribution < -0.4 is 4.90 Å². The fraction of sp³-hybridized carbons (Fsp3) is 0.533. The number of anilines is 1. The molecular formula is C15H21NO2. The van der Waals surface area contributed by atoms with Gasteiger partial charge < -0.3 is 9.64 Å². The summed E-state index contributed by atoms with van der Waals surface area (Å²) in [5.41, 5.74) is 2.53. The highest BCUT2D eigenvalue weighted by molar-refractivity contribution is 5.81. The molecule has 0 amide bonds. The monoisotopic (exact) mass is 247 g/mol. The van der Waals surface area contributed by atoms with Crippen molar-refractivity contribution in [1.82, 2.24) is 0 Å². The van der Waals surface area contributed by atoms with Gasteiger partial charge in [0.15, 0.2) is 0 Å². The molecule has 1 aliphatic rings. The summed E-state index contributed by atoms with van der Waals surface area (Å²) in [5.74, 6) is -0.0870. The average Bonchev–Trinajstić information content (AvgIpc) is 2.80. The molecule has 1 heterocycles. The molecule has 0 aromatic heterocycles. The first-order valence-electron chi connectivity index (χ1n) is 6.79. The van der Waals surface area contributed by atoms with Crippen LogP contribution in [0.25, 0.3) is 0 Å². The van der Waals surface area contributed by atoms with E-state index in [1.807, 2.05) is 13.0 Å². The Morgan fingerprint density at radius 3 is 2.89 bits per heavy atom. The van der Waals surface area contributed by atoms with Crippen molar-refractivity contribution in [1.29, 1.82) is 0 Å². The van der Waals surface area contributed by atoms with Crippen LogP contribution in [0.5, 0.6) is 0 Å². The zero-order valence-corrected chi connectivity index (χ0v) is 11.2. The van der Waals surface area contributed by atoms with Gasteiger partial charge in [0, 0.05) is 12.2 Å². The Morgan fingerprint density at radius 1 is 1.39 bits per heavy atom. The van der Waals surface area contributed by atoms with Crippen LogP contribution >= 0.6 is 0 Å². The fourth-order valence-electron chi connectivity index (χ4n) is 2.60. The molecule has 0 spiro atoms. The third kappa shape index (κ3) is 2.50. The van der Waals surface area contributed by atoms with Crippen LogP contribution in [0.1, 0.15) is 32.3 Å². The van der Waals surface area contributed by atoms with Crippen LogP contribution in [-0.2, 0) is 16.0 Å². The van der Waals surface area contributed by atoms with Crippen molar-refractivity contribution in [2.24, 2.45) is 0 Å². The Morgan fingerprint density at radius 2 is 2.17 bits per heavy atom. The minimum Gasteiger partial charge on any atom is -0.464 e. The van der Waals surface area contributed by atoms with Gasteiger partial charge in [0.25, 0.3) is 0 Å². The molecule has 3 nitrogen and oxygen atoms in total. The number of carbonyl (C=O) groups is 1. The van der Waals surface area contributed by atoms with Gasteiger partial charge >= 0.3 is 5.97 Å². The van der Waals surface area contributed by atoms with Crippen molar-refractivity contribution in [3.05, 3.63) is 29.8 Å². The Hall–Kier alpha value is -1.51. The Bertz CT molecular complexity index is 417.